The van der Waals surface area contributed by atoms with Gasteiger partial charge in [-0.1, -0.05) is 36.6 Å². The summed E-state index contributed by atoms with van der Waals surface area (Å²) < 4.78 is 45.8. The third-order valence-electron chi connectivity index (χ3n) is 7.46. The molecule has 1 unspecified atom stereocenters. The summed E-state index contributed by atoms with van der Waals surface area (Å²) in [5.41, 5.74) is -0.474. The zero-order valence-electron chi connectivity index (χ0n) is 22.1. The van der Waals surface area contributed by atoms with Crippen LogP contribution in [0.15, 0.2) is 42.0 Å². The number of piperazine rings is 1. The largest absolute Gasteiger partial charge is 0.433 e. The Balaban J connectivity index is 1.83. The summed E-state index contributed by atoms with van der Waals surface area (Å²) >= 11 is 0. The number of hydrogen-bond donors (Lipinski definition) is 1. The molecule has 0 spiro atoms. The number of aliphatic hydroxyl groups excluding tert-OH is 1. The highest BCUT2D eigenvalue weighted by Crippen LogP contribution is 2.34. The molecule has 2 fully saturated rings. The smallest absolute Gasteiger partial charge is 0.394 e. The molecule has 1 atom stereocenters. The topological polar surface area (TPSA) is 69.1 Å². The molecule has 1 N–H and O–H groups in total. The van der Waals surface area contributed by atoms with E-state index in [0.717, 1.165) is 11.6 Å². The molecule has 1 aromatic rings. The molecule has 3 rings (SSSR count). The molecule has 38 heavy (non-hydrogen) atoms. The lowest BCUT2D eigenvalue weighted by Gasteiger charge is -2.52. The minimum Gasteiger partial charge on any atom is -0.394 e. The molecule has 0 saturated carbocycles. The van der Waals surface area contributed by atoms with Gasteiger partial charge in [0.2, 0.25) is 5.91 Å². The first-order chi connectivity index (χ1) is 18.1. The number of pyridine rings is 1. The van der Waals surface area contributed by atoms with E-state index in [9.17, 15) is 23.1 Å². The minimum absolute atomic E-state index is 0.0114. The van der Waals surface area contributed by atoms with Crippen LogP contribution in [0.5, 0.6) is 0 Å². The number of hydrogen-bond acceptors (Lipinski definition) is 6. The van der Waals surface area contributed by atoms with Crippen LogP contribution < -0.4 is 4.90 Å². The summed E-state index contributed by atoms with van der Waals surface area (Å²) in [6, 6.07) is 3.53. The number of halogens is 3. The molecule has 208 valence electrons. The van der Waals surface area contributed by atoms with E-state index in [0.29, 0.717) is 52.2 Å². The number of aliphatic hydroxyl groups is 1. The minimum atomic E-state index is -4.60. The fourth-order valence-corrected chi connectivity index (χ4v) is 5.26. The highest BCUT2D eigenvalue weighted by atomic mass is 19.4. The number of alkyl halides is 3. The second kappa shape index (κ2) is 13.4. The molecule has 2 aliphatic rings. The van der Waals surface area contributed by atoms with Crippen LogP contribution in [0.2, 0.25) is 0 Å². The van der Waals surface area contributed by atoms with Gasteiger partial charge in [0.25, 0.3) is 0 Å². The van der Waals surface area contributed by atoms with Crippen molar-refractivity contribution in [3.05, 3.63) is 47.7 Å². The number of carbonyl (C=O) groups is 1. The number of ether oxygens (including phenoxy) is 1. The van der Waals surface area contributed by atoms with Crippen molar-refractivity contribution < 1.29 is 27.8 Å². The van der Waals surface area contributed by atoms with Crippen molar-refractivity contribution in [2.24, 2.45) is 0 Å². The van der Waals surface area contributed by atoms with Crippen LogP contribution in [0.1, 0.15) is 38.8 Å². The summed E-state index contributed by atoms with van der Waals surface area (Å²) in [5, 5.41) is 10.1. The lowest BCUT2D eigenvalue weighted by atomic mass is 9.86. The highest BCUT2D eigenvalue weighted by molar-refractivity contribution is 5.92. The average Bonchev–Trinajstić information content (AvgIpc) is 2.92. The number of allylic oxidation sites excluding steroid dienone is 3. The Bertz CT molecular complexity index is 1040. The molecule has 1 aromatic heterocycles. The van der Waals surface area contributed by atoms with Crippen molar-refractivity contribution >= 4 is 11.7 Å². The first-order valence-electron chi connectivity index (χ1n) is 13.0. The van der Waals surface area contributed by atoms with E-state index in [-0.39, 0.29) is 37.3 Å². The lowest BCUT2D eigenvalue weighted by molar-refractivity contribution is -0.141. The number of carbonyl (C=O) groups excluding carboxylic acids is 1. The van der Waals surface area contributed by atoms with Gasteiger partial charge < -0.3 is 9.84 Å². The SMILES string of the molecule is C#C/C=C\C=C(/C)C(CO)N1CCN(C2(CN(C(=O)CC)c3cccc(C(F)(F)F)n3)CCOCC2)CC1. The van der Waals surface area contributed by atoms with Gasteiger partial charge in [0.1, 0.15) is 11.5 Å². The first kappa shape index (κ1) is 29.8. The molecule has 10 heteroatoms. The highest BCUT2D eigenvalue weighted by Gasteiger charge is 2.43. The van der Waals surface area contributed by atoms with Crippen molar-refractivity contribution in [3.63, 3.8) is 0 Å². The van der Waals surface area contributed by atoms with Gasteiger partial charge in [-0.2, -0.15) is 13.2 Å². The van der Waals surface area contributed by atoms with Crippen molar-refractivity contribution in [1.82, 2.24) is 14.8 Å². The van der Waals surface area contributed by atoms with E-state index < -0.39 is 17.4 Å². The lowest BCUT2D eigenvalue weighted by Crippen LogP contribution is -2.64. The molecule has 1 amide bonds. The second-order valence-corrected chi connectivity index (χ2v) is 9.71. The van der Waals surface area contributed by atoms with Crippen LogP contribution in [-0.2, 0) is 15.7 Å². The van der Waals surface area contributed by atoms with Crippen molar-refractivity contribution in [1.29, 1.82) is 0 Å². The van der Waals surface area contributed by atoms with Crippen LogP contribution in [0, 0.1) is 12.3 Å². The molecule has 2 aliphatic heterocycles. The van der Waals surface area contributed by atoms with Gasteiger partial charge >= 0.3 is 6.18 Å². The first-order valence-corrected chi connectivity index (χ1v) is 13.0. The Morgan fingerprint density at radius 2 is 1.97 bits per heavy atom. The molecule has 3 heterocycles. The van der Waals surface area contributed by atoms with Gasteiger partial charge in [0, 0.05) is 57.9 Å². The number of nitrogens with zero attached hydrogens (tertiary/aromatic N) is 4. The van der Waals surface area contributed by atoms with Gasteiger partial charge in [0.15, 0.2) is 0 Å². The molecule has 0 bridgehead atoms. The molecule has 0 aromatic carbocycles. The molecular weight excluding hydrogens is 497 g/mol. The fraction of sp³-hybridized carbons (Fsp3) is 0.571. The zero-order valence-corrected chi connectivity index (χ0v) is 22.1. The fourth-order valence-electron chi connectivity index (χ4n) is 5.26. The summed E-state index contributed by atoms with van der Waals surface area (Å²) in [5.74, 6) is 2.19. The summed E-state index contributed by atoms with van der Waals surface area (Å²) in [7, 11) is 0. The molecular formula is C28H37F3N4O3. The molecule has 7 nitrogen and oxygen atoms in total. The van der Waals surface area contributed by atoms with E-state index in [1.165, 1.54) is 17.0 Å². The van der Waals surface area contributed by atoms with Crippen molar-refractivity contribution in [2.75, 3.05) is 57.4 Å². The number of amides is 1. The van der Waals surface area contributed by atoms with Crippen LogP contribution in [0.4, 0.5) is 19.0 Å². The van der Waals surface area contributed by atoms with Gasteiger partial charge in [-0.15, -0.1) is 6.42 Å². The number of rotatable bonds is 9. The van der Waals surface area contributed by atoms with Gasteiger partial charge in [-0.3, -0.25) is 19.5 Å². The van der Waals surface area contributed by atoms with Gasteiger partial charge in [0.05, 0.1) is 12.6 Å². The van der Waals surface area contributed by atoms with Crippen LogP contribution in [0.3, 0.4) is 0 Å². The number of aromatic nitrogens is 1. The summed E-state index contributed by atoms with van der Waals surface area (Å²) in [6.45, 7) is 7.65. The summed E-state index contributed by atoms with van der Waals surface area (Å²) in [4.78, 5) is 22.8. The second-order valence-electron chi connectivity index (χ2n) is 9.71. The van der Waals surface area contributed by atoms with E-state index in [2.05, 4.69) is 20.7 Å². The third-order valence-corrected chi connectivity index (χ3v) is 7.46. The van der Waals surface area contributed by atoms with E-state index in [1.807, 2.05) is 13.0 Å². The van der Waals surface area contributed by atoms with Crippen LogP contribution in [-0.4, -0.2) is 89.9 Å². The molecule has 0 radical (unpaired) electrons. The van der Waals surface area contributed by atoms with Gasteiger partial charge in [-0.05, 0) is 38.0 Å². The molecule has 2 saturated heterocycles. The monoisotopic (exact) mass is 534 g/mol. The Hall–Kier alpha value is -2.71. The number of terminal acetylenes is 1. The Labute approximate surface area is 222 Å². The normalized spacial score (nSPS) is 20.3. The third kappa shape index (κ3) is 7.23. The van der Waals surface area contributed by atoms with Crippen LogP contribution in [0.25, 0.3) is 0 Å². The summed E-state index contributed by atoms with van der Waals surface area (Å²) in [6.07, 6.45) is 7.42. The predicted octanol–water partition coefficient (Wildman–Crippen LogP) is 3.51. The van der Waals surface area contributed by atoms with Crippen molar-refractivity contribution in [3.8, 4) is 12.3 Å². The maximum atomic E-state index is 13.4. The zero-order chi connectivity index (χ0) is 27.8. The maximum Gasteiger partial charge on any atom is 0.433 e. The van der Waals surface area contributed by atoms with E-state index in [1.54, 1.807) is 19.1 Å². The quantitative estimate of drug-likeness (QED) is 0.387. The number of anilines is 1. The van der Waals surface area contributed by atoms with E-state index >= 15 is 0 Å². The van der Waals surface area contributed by atoms with E-state index in [4.69, 9.17) is 11.2 Å². The Morgan fingerprint density at radius 3 is 2.55 bits per heavy atom. The Kier molecular flexibility index (Phi) is 10.5. The maximum absolute atomic E-state index is 13.4. The standard InChI is InChI=1S/C28H37F3N4O3/c1-4-6-7-9-22(3)23(20-36)33-14-16-34(17-15-33)27(12-18-38-19-13-27)21-35(26(37)5-2)25-11-8-10-24(32-25)28(29,30)31/h1,6-11,23,36H,5,12-21H2,2-3H3/b7-6-,22-9+. The Morgan fingerprint density at radius 1 is 1.29 bits per heavy atom. The molecule has 0 aliphatic carbocycles. The predicted molar refractivity (Wildman–Crippen MR) is 140 cm³/mol. The van der Waals surface area contributed by atoms with Gasteiger partial charge in [-0.25, -0.2) is 4.98 Å². The average molecular weight is 535 g/mol. The van der Waals surface area contributed by atoms with Crippen molar-refractivity contribution in [2.45, 2.75) is 50.9 Å². The van der Waals surface area contributed by atoms with Crippen LogP contribution >= 0.6 is 0 Å².